The van der Waals surface area contributed by atoms with Crippen molar-refractivity contribution >= 4 is 11.9 Å². The van der Waals surface area contributed by atoms with Gasteiger partial charge >= 0.3 is 5.97 Å². The number of carbonyl (C=O) groups excluding carboxylic acids is 1. The summed E-state index contributed by atoms with van der Waals surface area (Å²) >= 11 is 0. The molecule has 2 N–H and O–H groups in total. The Morgan fingerprint density at radius 3 is 2.50 bits per heavy atom. The molecule has 0 aromatic heterocycles. The first-order valence-electron chi connectivity index (χ1n) is 6.20. The molecule has 1 rings (SSSR count). The number of nitrogens with one attached hydrogen (secondary N) is 1. The molecule has 1 heterocycles. The predicted octanol–water partition coefficient (Wildman–Crippen LogP) is -0.0643. The van der Waals surface area contributed by atoms with Crippen molar-refractivity contribution in [3.8, 4) is 0 Å². The quantitative estimate of drug-likeness (QED) is 0.652. The maximum absolute atomic E-state index is 11.8. The van der Waals surface area contributed by atoms with Gasteiger partial charge in [0, 0.05) is 26.7 Å². The van der Waals surface area contributed by atoms with E-state index in [1.54, 1.807) is 18.9 Å². The van der Waals surface area contributed by atoms with Gasteiger partial charge < -0.3 is 20.1 Å². The van der Waals surface area contributed by atoms with Crippen molar-refractivity contribution in [2.24, 2.45) is 5.41 Å². The highest BCUT2D eigenvalue weighted by molar-refractivity contribution is 5.79. The molecule has 0 atom stereocenters. The molecule has 0 spiro atoms. The summed E-state index contributed by atoms with van der Waals surface area (Å²) in [6.45, 7) is 4.29. The van der Waals surface area contributed by atoms with E-state index < -0.39 is 11.4 Å². The summed E-state index contributed by atoms with van der Waals surface area (Å²) in [6, 6.07) is 0. The van der Waals surface area contributed by atoms with Crippen LogP contribution in [0.5, 0.6) is 0 Å². The van der Waals surface area contributed by atoms with Gasteiger partial charge in [0.15, 0.2) is 0 Å². The molecule has 0 aromatic rings. The van der Waals surface area contributed by atoms with Crippen LogP contribution >= 0.6 is 0 Å². The van der Waals surface area contributed by atoms with Gasteiger partial charge in [-0.1, -0.05) is 0 Å². The van der Waals surface area contributed by atoms with Crippen molar-refractivity contribution in [3.63, 3.8) is 0 Å². The van der Waals surface area contributed by atoms with Crippen molar-refractivity contribution in [3.05, 3.63) is 0 Å². The zero-order valence-electron chi connectivity index (χ0n) is 11.1. The van der Waals surface area contributed by atoms with Crippen LogP contribution in [-0.2, 0) is 14.3 Å². The minimum atomic E-state index is -0.771. The summed E-state index contributed by atoms with van der Waals surface area (Å²) in [4.78, 5) is 24.6. The lowest BCUT2D eigenvalue weighted by atomic mass is 9.80. The van der Waals surface area contributed by atoms with E-state index in [1.165, 1.54) is 0 Å². The van der Waals surface area contributed by atoms with Gasteiger partial charge in [0.05, 0.1) is 18.6 Å². The first-order chi connectivity index (χ1) is 8.49. The maximum atomic E-state index is 11.8. The number of hydrogen-bond acceptors (Lipinski definition) is 4. The molecule has 1 amide bonds. The average Bonchev–Trinajstić information content (AvgIpc) is 2.35. The van der Waals surface area contributed by atoms with E-state index in [-0.39, 0.29) is 12.5 Å². The molecule has 18 heavy (non-hydrogen) atoms. The Bertz CT molecular complexity index is 298. The molecule has 1 fully saturated rings. The molecular weight excluding hydrogens is 236 g/mol. The third-order valence-corrected chi connectivity index (χ3v) is 3.50. The third-order valence-electron chi connectivity index (χ3n) is 3.50. The standard InChI is InChI=1S/C12H22N2O4/c1-12(11(16)17)3-6-14(7-4-12)10(15)9-13-5-8-18-2/h13H,3-9H2,1-2H3,(H,16,17). The smallest absolute Gasteiger partial charge is 0.309 e. The van der Waals surface area contributed by atoms with Gasteiger partial charge in [0.1, 0.15) is 0 Å². The zero-order chi connectivity index (χ0) is 13.6. The van der Waals surface area contributed by atoms with E-state index >= 15 is 0 Å². The van der Waals surface area contributed by atoms with E-state index in [0.717, 1.165) is 0 Å². The van der Waals surface area contributed by atoms with E-state index in [9.17, 15) is 9.59 Å². The Balaban J connectivity index is 2.30. The molecule has 1 aliphatic heterocycles. The molecule has 104 valence electrons. The van der Waals surface area contributed by atoms with Crippen LogP contribution in [0.15, 0.2) is 0 Å². The highest BCUT2D eigenvalue weighted by Gasteiger charge is 2.37. The Morgan fingerprint density at radius 1 is 1.39 bits per heavy atom. The summed E-state index contributed by atoms with van der Waals surface area (Å²) in [7, 11) is 1.61. The molecule has 6 heteroatoms. The fourth-order valence-corrected chi connectivity index (χ4v) is 1.94. The second-order valence-electron chi connectivity index (χ2n) is 4.92. The molecule has 0 bridgehead atoms. The number of rotatable bonds is 6. The van der Waals surface area contributed by atoms with Gasteiger partial charge in [0.2, 0.25) is 5.91 Å². The van der Waals surface area contributed by atoms with Crippen LogP contribution in [0, 0.1) is 5.41 Å². The van der Waals surface area contributed by atoms with E-state index in [4.69, 9.17) is 9.84 Å². The predicted molar refractivity (Wildman–Crippen MR) is 66.3 cm³/mol. The summed E-state index contributed by atoms with van der Waals surface area (Å²) in [5.74, 6) is -0.744. The summed E-state index contributed by atoms with van der Waals surface area (Å²) in [6.07, 6.45) is 1.04. The number of carboxylic acid groups (broad SMARTS) is 1. The molecule has 6 nitrogen and oxygen atoms in total. The van der Waals surface area contributed by atoms with Crippen LogP contribution in [0.1, 0.15) is 19.8 Å². The van der Waals surface area contributed by atoms with Crippen molar-refractivity contribution in [2.45, 2.75) is 19.8 Å². The highest BCUT2D eigenvalue weighted by Crippen LogP contribution is 2.30. The molecule has 0 radical (unpaired) electrons. The average molecular weight is 258 g/mol. The van der Waals surface area contributed by atoms with Crippen molar-refractivity contribution in [1.82, 2.24) is 10.2 Å². The number of aliphatic carboxylic acids is 1. The lowest BCUT2D eigenvalue weighted by Crippen LogP contribution is -2.47. The number of carboxylic acids is 1. The minimum Gasteiger partial charge on any atom is -0.481 e. The lowest BCUT2D eigenvalue weighted by Gasteiger charge is -2.36. The van der Waals surface area contributed by atoms with E-state index in [2.05, 4.69) is 5.32 Å². The van der Waals surface area contributed by atoms with Crippen LogP contribution in [0.3, 0.4) is 0 Å². The molecule has 0 saturated carbocycles. The van der Waals surface area contributed by atoms with Gasteiger partial charge in [-0.15, -0.1) is 0 Å². The zero-order valence-corrected chi connectivity index (χ0v) is 11.1. The number of amides is 1. The lowest BCUT2D eigenvalue weighted by molar-refractivity contribution is -0.152. The Morgan fingerprint density at radius 2 is 2.00 bits per heavy atom. The van der Waals surface area contributed by atoms with Gasteiger partial charge in [-0.05, 0) is 19.8 Å². The number of likely N-dealkylation sites (tertiary alicyclic amines) is 1. The molecule has 0 unspecified atom stereocenters. The number of hydrogen-bond donors (Lipinski definition) is 2. The fraction of sp³-hybridized carbons (Fsp3) is 0.833. The van der Waals surface area contributed by atoms with Crippen LogP contribution in [-0.4, -0.2) is 61.8 Å². The SMILES string of the molecule is COCCNCC(=O)N1CCC(C)(C(=O)O)CC1. The number of nitrogens with zero attached hydrogens (tertiary/aromatic N) is 1. The molecular formula is C12H22N2O4. The third kappa shape index (κ3) is 3.96. The minimum absolute atomic E-state index is 0.0264. The number of piperidine rings is 1. The largest absolute Gasteiger partial charge is 0.481 e. The summed E-state index contributed by atoms with van der Waals surface area (Å²) < 4.78 is 4.87. The van der Waals surface area contributed by atoms with E-state index in [1.807, 2.05) is 0 Å². The van der Waals surface area contributed by atoms with Crippen molar-refractivity contribution in [2.75, 3.05) is 39.9 Å². The molecule has 1 aliphatic rings. The second-order valence-corrected chi connectivity index (χ2v) is 4.92. The second kappa shape index (κ2) is 6.70. The van der Waals surface area contributed by atoms with Crippen LogP contribution in [0.2, 0.25) is 0 Å². The van der Waals surface area contributed by atoms with Gasteiger partial charge in [-0.25, -0.2) is 0 Å². The summed E-state index contributed by atoms with van der Waals surface area (Å²) in [5, 5.41) is 12.1. The number of ether oxygens (including phenoxy) is 1. The van der Waals surface area contributed by atoms with E-state index in [0.29, 0.717) is 39.1 Å². The van der Waals surface area contributed by atoms with Gasteiger partial charge in [-0.2, -0.15) is 0 Å². The van der Waals surface area contributed by atoms with Crippen LogP contribution < -0.4 is 5.32 Å². The van der Waals surface area contributed by atoms with Crippen molar-refractivity contribution < 1.29 is 19.4 Å². The monoisotopic (exact) mass is 258 g/mol. The molecule has 0 aromatic carbocycles. The summed E-state index contributed by atoms with van der Waals surface area (Å²) in [5.41, 5.74) is -0.680. The number of carbonyl (C=O) groups is 2. The maximum Gasteiger partial charge on any atom is 0.309 e. The van der Waals surface area contributed by atoms with Crippen LogP contribution in [0.4, 0.5) is 0 Å². The normalized spacial score (nSPS) is 18.7. The van der Waals surface area contributed by atoms with Gasteiger partial charge in [0.25, 0.3) is 0 Å². The molecule has 1 saturated heterocycles. The first-order valence-corrected chi connectivity index (χ1v) is 6.20. The Kier molecular flexibility index (Phi) is 5.55. The van der Waals surface area contributed by atoms with Gasteiger partial charge in [-0.3, -0.25) is 9.59 Å². The highest BCUT2D eigenvalue weighted by atomic mass is 16.5. The Hall–Kier alpha value is -1.14. The van der Waals surface area contributed by atoms with Crippen molar-refractivity contribution in [1.29, 1.82) is 0 Å². The number of methoxy groups -OCH3 is 1. The topological polar surface area (TPSA) is 78.9 Å². The first kappa shape index (κ1) is 14.9. The fourth-order valence-electron chi connectivity index (χ4n) is 1.94. The van der Waals surface area contributed by atoms with Crippen LogP contribution in [0.25, 0.3) is 0 Å². The molecule has 0 aliphatic carbocycles. The Labute approximate surface area is 107 Å².